The first kappa shape index (κ1) is 45.8. The Labute approximate surface area is 369 Å². The molecule has 328 valence electrons. The molecule has 3 aliphatic rings. The van der Waals surface area contributed by atoms with Gasteiger partial charge >= 0.3 is 5.97 Å². The van der Waals surface area contributed by atoms with Gasteiger partial charge in [0.15, 0.2) is 0 Å². The van der Waals surface area contributed by atoms with Gasteiger partial charge < -0.3 is 10.4 Å². The molecule has 0 saturated carbocycles. The number of carbonyl (C=O) groups excluding carboxylic acids is 4. The number of rotatable bonds is 22. The number of hydrogen-bond acceptors (Lipinski definition) is 8. The molecule has 0 aliphatic carbocycles. The molecule has 0 spiro atoms. The second-order valence-electron chi connectivity index (χ2n) is 16.5. The molecule has 13 nitrogen and oxygen atoms in total. The molecule has 14 heteroatoms. The van der Waals surface area contributed by atoms with Crippen LogP contribution in [0.15, 0.2) is 94.2 Å². The Morgan fingerprint density at radius 3 is 1.69 bits per heavy atom. The summed E-state index contributed by atoms with van der Waals surface area (Å²) in [5.74, 6) is -6.86. The van der Waals surface area contributed by atoms with Gasteiger partial charge in [-0.15, -0.1) is 0 Å². The van der Waals surface area contributed by atoms with Gasteiger partial charge in [0, 0.05) is 12.1 Å². The average Bonchev–Trinajstić information content (AvgIpc) is 3.85. The van der Waals surface area contributed by atoms with Crippen molar-refractivity contribution in [1.82, 2.24) is 5.32 Å². The van der Waals surface area contributed by atoms with Gasteiger partial charge in [-0.1, -0.05) is 145 Å². The highest BCUT2D eigenvalue weighted by molar-refractivity contribution is 6.35. The van der Waals surface area contributed by atoms with Crippen molar-refractivity contribution in [2.24, 2.45) is 32.6 Å². The maximum absolute atomic E-state index is 15.3. The summed E-state index contributed by atoms with van der Waals surface area (Å²) < 4.78 is 0. The summed E-state index contributed by atoms with van der Waals surface area (Å²) in [6, 6.07) is 21.4. The van der Waals surface area contributed by atoms with Crippen LogP contribution >= 0.6 is 11.6 Å². The number of nitrogens with zero attached hydrogens (tertiary/aromatic N) is 6. The molecule has 3 aromatic rings. The van der Waals surface area contributed by atoms with Gasteiger partial charge in [0.05, 0.1) is 33.4 Å². The summed E-state index contributed by atoms with van der Waals surface area (Å²) in [5, 5.41) is 30.0. The summed E-state index contributed by atoms with van der Waals surface area (Å²) in [7, 11) is 0. The first-order chi connectivity index (χ1) is 30.0. The lowest BCUT2D eigenvalue weighted by molar-refractivity contribution is -0.136. The average molecular weight is 864 g/mol. The Morgan fingerprint density at radius 1 is 0.645 bits per heavy atom. The number of para-hydroxylation sites is 2. The number of carboxylic acids is 1. The van der Waals surface area contributed by atoms with E-state index >= 15 is 9.59 Å². The van der Waals surface area contributed by atoms with Crippen molar-refractivity contribution in [2.45, 2.75) is 124 Å². The van der Waals surface area contributed by atoms with Gasteiger partial charge in [-0.3, -0.25) is 19.2 Å². The van der Waals surface area contributed by atoms with Crippen molar-refractivity contribution in [3.63, 3.8) is 0 Å². The van der Waals surface area contributed by atoms with Gasteiger partial charge in [-0.25, -0.2) is 9.80 Å². The van der Waals surface area contributed by atoms with Gasteiger partial charge in [-0.2, -0.15) is 25.3 Å². The van der Waals surface area contributed by atoms with Crippen molar-refractivity contribution in [3.05, 3.63) is 89.4 Å². The standard InChI is InChI=1S/C48H58ClN7O6/c1-4-5-6-7-8-9-10-11-12-13-14-15-16-17-24-29-40(57)50-43-42(45(59)55(53-43)37-30-31-39(49)38(32-37)46(60)61)48(34(3)52-56(47(48)62)36-27-22-19-23-28-36)41-33(2)51-54(44(41)58)35-25-20-18-21-26-35/h18-23,25-28,30-32,41-42H,4-17,24,29H2,1-3H3,(H,60,61)(H,50,53,57)/t41-,42-,48+/m1/s1. The summed E-state index contributed by atoms with van der Waals surface area (Å²) in [6.45, 7) is 5.46. The minimum atomic E-state index is -2.06. The topological polar surface area (TPSA) is 164 Å². The molecule has 0 aromatic heterocycles. The number of aromatic carboxylic acids is 1. The first-order valence-electron chi connectivity index (χ1n) is 22.1. The molecule has 0 radical (unpaired) electrons. The Bertz CT molecular complexity index is 2200. The third-order valence-corrected chi connectivity index (χ3v) is 12.4. The Balaban J connectivity index is 1.23. The molecular formula is C48H58ClN7O6. The van der Waals surface area contributed by atoms with Crippen LogP contribution < -0.4 is 20.3 Å². The van der Waals surface area contributed by atoms with E-state index in [-0.39, 0.29) is 40.0 Å². The molecule has 0 bridgehead atoms. The number of hydrogen-bond donors (Lipinski definition) is 2. The molecule has 3 aliphatic heterocycles. The fraction of sp³-hybridized carbons (Fsp3) is 0.458. The minimum absolute atomic E-state index is 0.0395. The maximum atomic E-state index is 15.3. The highest BCUT2D eigenvalue weighted by Crippen LogP contribution is 2.51. The van der Waals surface area contributed by atoms with Crippen LogP contribution in [0.3, 0.4) is 0 Å². The van der Waals surface area contributed by atoms with Crippen LogP contribution in [0.5, 0.6) is 0 Å². The van der Waals surface area contributed by atoms with Gasteiger partial charge in [0.2, 0.25) is 5.91 Å². The van der Waals surface area contributed by atoms with Crippen molar-refractivity contribution in [2.75, 3.05) is 15.0 Å². The van der Waals surface area contributed by atoms with E-state index in [0.717, 1.165) is 30.7 Å². The highest BCUT2D eigenvalue weighted by atomic mass is 35.5. The number of anilines is 3. The fourth-order valence-corrected chi connectivity index (χ4v) is 9.04. The van der Waals surface area contributed by atoms with Crippen LogP contribution in [0.4, 0.5) is 17.1 Å². The molecule has 4 amide bonds. The SMILES string of the molecule is CCCCCCCCCCCCCCCCCC(=O)NC1=NN(c2ccc(Cl)c(C(=O)O)c2)C(=O)[C@@H]1[C@]1([C@H]2C(=O)N(c3ccccc3)N=C2C)C(=O)N(c2ccccc2)N=C1C. The van der Waals surface area contributed by atoms with Crippen LogP contribution in [-0.4, -0.2) is 52.0 Å². The van der Waals surface area contributed by atoms with Gasteiger partial charge in [0.25, 0.3) is 17.7 Å². The lowest BCUT2D eigenvalue weighted by atomic mass is 9.61. The molecule has 6 rings (SSSR count). The number of unbranched alkanes of at least 4 members (excludes halogenated alkanes) is 14. The van der Waals surface area contributed by atoms with E-state index in [1.165, 1.54) is 92.4 Å². The van der Waals surface area contributed by atoms with Crippen molar-refractivity contribution < 1.29 is 29.1 Å². The first-order valence-corrected chi connectivity index (χ1v) is 22.5. The molecule has 3 atom stereocenters. The second-order valence-corrected chi connectivity index (χ2v) is 16.9. The number of benzene rings is 3. The van der Waals surface area contributed by atoms with E-state index in [0.29, 0.717) is 17.8 Å². The van der Waals surface area contributed by atoms with E-state index < -0.39 is 46.8 Å². The molecule has 0 fully saturated rings. The zero-order chi connectivity index (χ0) is 44.2. The largest absolute Gasteiger partial charge is 0.478 e. The number of amides is 4. The predicted octanol–water partition coefficient (Wildman–Crippen LogP) is 10.1. The number of halogens is 1. The number of amidine groups is 1. The number of carbonyl (C=O) groups is 5. The van der Waals surface area contributed by atoms with Crippen LogP contribution in [0.2, 0.25) is 5.02 Å². The molecule has 3 heterocycles. The van der Waals surface area contributed by atoms with Crippen LogP contribution in [0, 0.1) is 17.3 Å². The predicted molar refractivity (Wildman–Crippen MR) is 245 cm³/mol. The van der Waals surface area contributed by atoms with E-state index in [4.69, 9.17) is 16.7 Å². The highest BCUT2D eigenvalue weighted by Gasteiger charge is 2.69. The molecule has 62 heavy (non-hydrogen) atoms. The molecule has 0 unspecified atom stereocenters. The quantitative estimate of drug-likeness (QED) is 0.0955. The number of carboxylic acid groups (broad SMARTS) is 1. The Kier molecular flexibility index (Phi) is 15.8. The molecule has 0 saturated heterocycles. The summed E-state index contributed by atoms with van der Waals surface area (Å²) in [6.07, 6.45) is 17.9. The molecule has 3 aromatic carbocycles. The zero-order valence-electron chi connectivity index (χ0n) is 36.0. The number of hydrazone groups is 3. The van der Waals surface area contributed by atoms with E-state index in [1.807, 2.05) is 0 Å². The van der Waals surface area contributed by atoms with Crippen LogP contribution in [-0.2, 0) is 19.2 Å². The van der Waals surface area contributed by atoms with E-state index in [9.17, 15) is 19.5 Å². The fourth-order valence-electron chi connectivity index (χ4n) is 8.85. The summed E-state index contributed by atoms with van der Waals surface area (Å²) >= 11 is 6.22. The van der Waals surface area contributed by atoms with Gasteiger partial charge in [0.1, 0.15) is 23.1 Å². The monoisotopic (exact) mass is 863 g/mol. The molecular weight excluding hydrogens is 806 g/mol. The zero-order valence-corrected chi connectivity index (χ0v) is 36.8. The number of nitrogens with one attached hydrogen (secondary N) is 1. The third-order valence-electron chi connectivity index (χ3n) is 12.1. The molecule has 2 N–H and O–H groups in total. The van der Waals surface area contributed by atoms with E-state index in [2.05, 4.69) is 22.4 Å². The smallest absolute Gasteiger partial charge is 0.337 e. The summed E-state index contributed by atoms with van der Waals surface area (Å²) in [4.78, 5) is 71.2. The van der Waals surface area contributed by atoms with Crippen LogP contribution in [0.25, 0.3) is 0 Å². The third kappa shape index (κ3) is 9.99. The summed E-state index contributed by atoms with van der Waals surface area (Å²) in [5.41, 5.74) is -1.04. The van der Waals surface area contributed by atoms with E-state index in [1.54, 1.807) is 74.5 Å². The second kappa shape index (κ2) is 21.4. The van der Waals surface area contributed by atoms with Crippen LogP contribution in [0.1, 0.15) is 134 Å². The normalized spacial score (nSPS) is 19.9. The van der Waals surface area contributed by atoms with Crippen molar-refractivity contribution in [3.8, 4) is 0 Å². The minimum Gasteiger partial charge on any atom is -0.478 e. The van der Waals surface area contributed by atoms with Crippen molar-refractivity contribution in [1.29, 1.82) is 0 Å². The lowest BCUT2D eigenvalue weighted by Crippen LogP contribution is -2.60. The lowest BCUT2D eigenvalue weighted by Gasteiger charge is -2.37. The van der Waals surface area contributed by atoms with Crippen molar-refractivity contribution >= 4 is 75.5 Å². The Hall–Kier alpha value is -5.69. The maximum Gasteiger partial charge on any atom is 0.337 e. The Morgan fingerprint density at radius 2 is 1.15 bits per heavy atom. The van der Waals surface area contributed by atoms with Gasteiger partial charge in [-0.05, 0) is 62.7 Å².